The Hall–Kier alpha value is -5.76. The van der Waals surface area contributed by atoms with Gasteiger partial charge in [0.15, 0.2) is 40.3 Å². The quantitative estimate of drug-likeness (QED) is 0.158. The van der Waals surface area contributed by atoms with Gasteiger partial charge >= 0.3 is 5.97 Å². The van der Waals surface area contributed by atoms with E-state index in [9.17, 15) is 14.7 Å². The molecule has 0 fully saturated rings. The third kappa shape index (κ3) is 7.58. The predicted molar refractivity (Wildman–Crippen MR) is 193 cm³/mol. The van der Waals surface area contributed by atoms with Crippen LogP contribution in [0.3, 0.4) is 0 Å². The lowest BCUT2D eigenvalue weighted by molar-refractivity contribution is -0.140. The van der Waals surface area contributed by atoms with E-state index in [-0.39, 0.29) is 24.5 Å². The third-order valence-corrected chi connectivity index (χ3v) is 9.34. The van der Waals surface area contributed by atoms with Gasteiger partial charge in [0.1, 0.15) is 5.76 Å². The van der Waals surface area contributed by atoms with E-state index in [2.05, 4.69) is 4.90 Å². The summed E-state index contributed by atoms with van der Waals surface area (Å²) in [7, 11) is 13.4. The van der Waals surface area contributed by atoms with Gasteiger partial charge in [-0.3, -0.25) is 14.5 Å². The number of carbonyl (C=O) groups excluding carboxylic acids is 1. The molecule has 14 heteroatoms. The number of hydrogen-bond acceptors (Lipinski definition) is 14. The van der Waals surface area contributed by atoms with Gasteiger partial charge in [-0.15, -0.1) is 0 Å². The number of esters is 1. The van der Waals surface area contributed by atoms with Crippen molar-refractivity contribution in [1.29, 1.82) is 0 Å². The van der Waals surface area contributed by atoms with Gasteiger partial charge in [0.2, 0.25) is 22.7 Å². The second kappa shape index (κ2) is 16.7. The highest BCUT2D eigenvalue weighted by Crippen LogP contribution is 2.47. The van der Waals surface area contributed by atoms with Crippen molar-refractivity contribution in [3.63, 3.8) is 0 Å². The molecule has 284 valence electrons. The number of carbonyl (C=O) groups is 1. The highest BCUT2D eigenvalue weighted by molar-refractivity contribution is 5.72. The van der Waals surface area contributed by atoms with Crippen molar-refractivity contribution >= 4 is 5.97 Å². The molecular weight excluding hydrogens is 690 g/mol. The molecule has 0 saturated heterocycles. The average molecular weight is 736 g/mol. The monoisotopic (exact) mass is 735 g/mol. The van der Waals surface area contributed by atoms with Crippen LogP contribution in [0.2, 0.25) is 0 Å². The molecule has 0 radical (unpaired) electrons. The van der Waals surface area contributed by atoms with Crippen LogP contribution in [-0.2, 0) is 22.5 Å². The van der Waals surface area contributed by atoms with Gasteiger partial charge in [-0.1, -0.05) is 0 Å². The average Bonchev–Trinajstić information content (AvgIpc) is 3.19. The van der Waals surface area contributed by atoms with Gasteiger partial charge < -0.3 is 52.2 Å². The fraction of sp³-hybridized carbons (Fsp3) is 0.385. The molecular formula is C39H45NO13. The Morgan fingerprint density at radius 1 is 0.736 bits per heavy atom. The molecule has 4 aromatic rings. The lowest BCUT2D eigenvalue weighted by Gasteiger charge is -2.38. The maximum Gasteiger partial charge on any atom is 0.306 e. The SMILES string of the molecule is COC(=O)C[C@H](c1cc(OC)c(OC)c(OC)c1)c1oc(CN2CCc3cc(OC)c(OC)cc3[C@H]2c2cc(OC)c(OC)c(OC)c2)cc(=O)c1O. The summed E-state index contributed by atoms with van der Waals surface area (Å²) in [4.78, 5) is 28.4. The fourth-order valence-corrected chi connectivity index (χ4v) is 6.80. The summed E-state index contributed by atoms with van der Waals surface area (Å²) in [6, 6.07) is 11.7. The van der Waals surface area contributed by atoms with Crippen molar-refractivity contribution < 1.29 is 56.9 Å². The third-order valence-electron chi connectivity index (χ3n) is 9.34. The highest BCUT2D eigenvalue weighted by Gasteiger charge is 2.34. The maximum atomic E-state index is 13.5. The zero-order valence-corrected chi connectivity index (χ0v) is 31.3. The van der Waals surface area contributed by atoms with E-state index in [0.29, 0.717) is 64.5 Å². The van der Waals surface area contributed by atoms with Crippen LogP contribution < -0.4 is 43.3 Å². The van der Waals surface area contributed by atoms with E-state index in [4.69, 9.17) is 47.0 Å². The summed E-state index contributed by atoms with van der Waals surface area (Å²) in [5.41, 5.74) is 2.52. The maximum absolute atomic E-state index is 13.5. The van der Waals surface area contributed by atoms with Gasteiger partial charge in [-0.05, 0) is 65.1 Å². The minimum absolute atomic E-state index is 0.123. The van der Waals surface area contributed by atoms with Crippen LogP contribution in [0.4, 0.5) is 0 Å². The lowest BCUT2D eigenvalue weighted by atomic mass is 9.87. The van der Waals surface area contributed by atoms with Gasteiger partial charge in [-0.2, -0.15) is 0 Å². The molecule has 3 aromatic carbocycles. The number of hydrogen-bond donors (Lipinski definition) is 1. The van der Waals surface area contributed by atoms with Crippen LogP contribution in [0.5, 0.6) is 51.7 Å². The van der Waals surface area contributed by atoms with Gasteiger partial charge in [0.05, 0.1) is 88.9 Å². The zero-order valence-electron chi connectivity index (χ0n) is 31.3. The molecule has 1 N–H and O–H groups in total. The van der Waals surface area contributed by atoms with E-state index < -0.39 is 29.1 Å². The normalized spacial score (nSPS) is 14.4. The summed E-state index contributed by atoms with van der Waals surface area (Å²) in [5, 5.41) is 11.2. The molecule has 0 unspecified atom stereocenters. The zero-order chi connectivity index (χ0) is 38.4. The Labute approximate surface area is 307 Å². The molecule has 0 bridgehead atoms. The molecule has 1 aliphatic rings. The van der Waals surface area contributed by atoms with Gasteiger partial charge in [0, 0.05) is 12.6 Å². The van der Waals surface area contributed by atoms with Crippen molar-refractivity contribution in [2.45, 2.75) is 31.3 Å². The minimum atomic E-state index is -0.978. The fourth-order valence-electron chi connectivity index (χ4n) is 6.80. The summed E-state index contributed by atoms with van der Waals surface area (Å²) >= 11 is 0. The Balaban J connectivity index is 1.68. The second-order valence-electron chi connectivity index (χ2n) is 12.1. The molecule has 2 heterocycles. The number of rotatable bonds is 15. The van der Waals surface area contributed by atoms with Crippen molar-refractivity contribution in [1.82, 2.24) is 4.90 Å². The van der Waals surface area contributed by atoms with Crippen LogP contribution in [0, 0.1) is 0 Å². The summed E-state index contributed by atoms with van der Waals surface area (Å²) in [6.07, 6.45) is 0.351. The Morgan fingerprint density at radius 2 is 1.26 bits per heavy atom. The van der Waals surface area contributed by atoms with Gasteiger partial charge in [0.25, 0.3) is 0 Å². The van der Waals surface area contributed by atoms with E-state index in [1.807, 2.05) is 24.3 Å². The predicted octanol–water partition coefficient (Wildman–Crippen LogP) is 5.26. The molecule has 0 amide bonds. The Morgan fingerprint density at radius 3 is 1.77 bits per heavy atom. The van der Waals surface area contributed by atoms with Crippen molar-refractivity contribution in [2.75, 3.05) is 70.5 Å². The van der Waals surface area contributed by atoms with Crippen LogP contribution in [0.1, 0.15) is 52.2 Å². The van der Waals surface area contributed by atoms with Crippen molar-refractivity contribution in [3.8, 4) is 51.7 Å². The number of aromatic hydroxyl groups is 1. The molecule has 0 spiro atoms. The smallest absolute Gasteiger partial charge is 0.306 e. The number of fused-ring (bicyclic) bond motifs is 1. The van der Waals surface area contributed by atoms with E-state index in [0.717, 1.165) is 16.7 Å². The molecule has 14 nitrogen and oxygen atoms in total. The molecule has 1 aromatic heterocycles. The van der Waals surface area contributed by atoms with E-state index >= 15 is 0 Å². The number of ether oxygens (including phenoxy) is 9. The standard InChI is InChI=1S/C39H45NO13/c1-44-28-12-21-10-11-40(35(25(21)18-29(28)45-2)23-15-32(48-5)39(52-9)33(16-23)49-6)20-24-17-27(41)36(43)37(53-24)26(19-34(42)50-7)22-13-30(46-3)38(51-8)31(14-22)47-4/h12-18,26,35,43H,10-11,19-20H2,1-9H3/t26-,35-/m1/s1. The van der Waals surface area contributed by atoms with E-state index in [1.165, 1.54) is 41.6 Å². The number of methoxy groups -OCH3 is 9. The molecule has 2 atom stereocenters. The number of nitrogens with zero attached hydrogens (tertiary/aromatic N) is 1. The van der Waals surface area contributed by atoms with Crippen molar-refractivity contribution in [2.24, 2.45) is 0 Å². The summed E-state index contributed by atoms with van der Waals surface area (Å²) in [6.45, 7) is 0.653. The first kappa shape index (κ1) is 38.5. The molecule has 0 aliphatic carbocycles. The summed E-state index contributed by atoms with van der Waals surface area (Å²) in [5.74, 6) is 1.34. The first-order chi connectivity index (χ1) is 25.6. The second-order valence-corrected chi connectivity index (χ2v) is 12.1. The first-order valence-electron chi connectivity index (χ1n) is 16.6. The Bertz CT molecular complexity index is 1960. The van der Waals surface area contributed by atoms with Crippen LogP contribution in [0.25, 0.3) is 0 Å². The molecule has 5 rings (SSSR count). The lowest BCUT2D eigenvalue weighted by Crippen LogP contribution is -2.36. The summed E-state index contributed by atoms with van der Waals surface area (Å²) < 4.78 is 56.4. The topological polar surface area (TPSA) is 154 Å². The van der Waals surface area contributed by atoms with E-state index in [1.54, 1.807) is 40.6 Å². The Kier molecular flexibility index (Phi) is 12.1. The van der Waals surface area contributed by atoms with Gasteiger partial charge in [-0.25, -0.2) is 0 Å². The first-order valence-corrected chi connectivity index (χ1v) is 16.6. The highest BCUT2D eigenvalue weighted by atomic mass is 16.5. The van der Waals surface area contributed by atoms with Crippen LogP contribution >= 0.6 is 0 Å². The van der Waals surface area contributed by atoms with Crippen LogP contribution in [-0.4, -0.2) is 86.5 Å². The largest absolute Gasteiger partial charge is 0.502 e. The molecule has 0 saturated carbocycles. The van der Waals surface area contributed by atoms with Crippen LogP contribution in [0.15, 0.2) is 51.7 Å². The van der Waals surface area contributed by atoms with Crippen molar-refractivity contribution in [3.05, 3.63) is 86.5 Å². The minimum Gasteiger partial charge on any atom is -0.502 e. The molecule has 1 aliphatic heterocycles. The number of benzene rings is 3. The molecule has 53 heavy (non-hydrogen) atoms.